The highest BCUT2D eigenvalue weighted by atomic mass is 16.3. The average molecular weight is 328 g/mol. The van der Waals surface area contributed by atoms with Crippen LogP contribution >= 0.6 is 0 Å². The van der Waals surface area contributed by atoms with Gasteiger partial charge in [0.2, 0.25) is 0 Å². The minimum atomic E-state index is 0.00124. The monoisotopic (exact) mass is 328 g/mol. The van der Waals surface area contributed by atoms with Crippen molar-refractivity contribution in [2.24, 2.45) is 0 Å². The standard InChI is InChI=1S/C22H20N2O/c23-15-16-7-9-18(10-8-16)22(24-13-3-4-14-24)21-19-6-2-1-5-17(19)11-12-20(21)25/h1-2,5-12,22,25H,3-4,13-14H2. The summed E-state index contributed by atoms with van der Waals surface area (Å²) in [6, 6.07) is 21.9. The van der Waals surface area contributed by atoms with Gasteiger partial charge in [0.1, 0.15) is 5.75 Å². The quantitative estimate of drug-likeness (QED) is 0.764. The molecule has 1 unspecified atom stereocenters. The van der Waals surface area contributed by atoms with Crippen molar-refractivity contribution in [3.8, 4) is 11.8 Å². The maximum absolute atomic E-state index is 10.7. The van der Waals surface area contributed by atoms with Gasteiger partial charge in [0.05, 0.1) is 17.7 Å². The van der Waals surface area contributed by atoms with Gasteiger partial charge in [-0.15, -0.1) is 0 Å². The first-order valence-electron chi connectivity index (χ1n) is 8.72. The van der Waals surface area contributed by atoms with Gasteiger partial charge in [-0.3, -0.25) is 4.90 Å². The van der Waals surface area contributed by atoms with Crippen molar-refractivity contribution in [2.45, 2.75) is 18.9 Å². The number of phenolic OH excluding ortho intramolecular Hbond substituents is 1. The lowest BCUT2D eigenvalue weighted by Crippen LogP contribution is -2.26. The lowest BCUT2D eigenvalue weighted by molar-refractivity contribution is 0.277. The van der Waals surface area contributed by atoms with Crippen LogP contribution in [0.25, 0.3) is 10.8 Å². The first kappa shape index (κ1) is 15.7. The van der Waals surface area contributed by atoms with Crippen LogP contribution in [-0.4, -0.2) is 23.1 Å². The third kappa shape index (κ3) is 2.86. The van der Waals surface area contributed by atoms with E-state index < -0.39 is 0 Å². The van der Waals surface area contributed by atoms with Crippen molar-refractivity contribution in [1.29, 1.82) is 5.26 Å². The molecule has 0 bridgehead atoms. The number of benzene rings is 3. The zero-order valence-electron chi connectivity index (χ0n) is 14.0. The molecule has 1 heterocycles. The van der Waals surface area contributed by atoms with E-state index >= 15 is 0 Å². The largest absolute Gasteiger partial charge is 0.508 e. The van der Waals surface area contributed by atoms with Gasteiger partial charge in [0.15, 0.2) is 0 Å². The fraction of sp³-hybridized carbons (Fsp3) is 0.227. The van der Waals surface area contributed by atoms with Gasteiger partial charge < -0.3 is 5.11 Å². The van der Waals surface area contributed by atoms with Crippen LogP contribution in [0.2, 0.25) is 0 Å². The minimum absolute atomic E-state index is 0.00124. The molecule has 1 aliphatic heterocycles. The molecule has 1 fully saturated rings. The molecule has 1 aliphatic rings. The van der Waals surface area contributed by atoms with Gasteiger partial charge in [0, 0.05) is 5.56 Å². The van der Waals surface area contributed by atoms with Gasteiger partial charge in [-0.25, -0.2) is 0 Å². The van der Waals surface area contributed by atoms with Crippen molar-refractivity contribution in [3.63, 3.8) is 0 Å². The fourth-order valence-corrected chi connectivity index (χ4v) is 3.87. The summed E-state index contributed by atoms with van der Waals surface area (Å²) >= 11 is 0. The average Bonchev–Trinajstić information content (AvgIpc) is 3.19. The molecule has 3 aromatic rings. The second-order valence-electron chi connectivity index (χ2n) is 6.60. The summed E-state index contributed by atoms with van der Waals surface area (Å²) in [5, 5.41) is 22.0. The molecular formula is C22H20N2O. The van der Waals surface area contributed by atoms with E-state index in [-0.39, 0.29) is 6.04 Å². The van der Waals surface area contributed by atoms with Crippen LogP contribution in [0.4, 0.5) is 0 Å². The van der Waals surface area contributed by atoms with Gasteiger partial charge in [-0.1, -0.05) is 42.5 Å². The number of hydrogen-bond acceptors (Lipinski definition) is 3. The van der Waals surface area contributed by atoms with Crippen LogP contribution < -0.4 is 0 Å². The van der Waals surface area contributed by atoms with Gasteiger partial charge in [-0.2, -0.15) is 5.26 Å². The molecule has 1 saturated heterocycles. The second kappa shape index (κ2) is 6.58. The molecule has 0 aliphatic carbocycles. The molecule has 0 aromatic heterocycles. The van der Waals surface area contributed by atoms with Crippen molar-refractivity contribution in [1.82, 2.24) is 4.90 Å². The SMILES string of the molecule is N#Cc1ccc(C(c2c(O)ccc3ccccc23)N2CCCC2)cc1. The van der Waals surface area contributed by atoms with Gasteiger partial charge >= 0.3 is 0 Å². The van der Waals surface area contributed by atoms with E-state index in [0.717, 1.165) is 35.0 Å². The van der Waals surface area contributed by atoms with E-state index in [2.05, 4.69) is 23.1 Å². The number of nitrogens with zero attached hydrogens (tertiary/aromatic N) is 2. The van der Waals surface area contributed by atoms with Crippen LogP contribution in [-0.2, 0) is 0 Å². The first-order valence-corrected chi connectivity index (χ1v) is 8.72. The third-order valence-corrected chi connectivity index (χ3v) is 5.08. The Hall–Kier alpha value is -2.83. The minimum Gasteiger partial charge on any atom is -0.508 e. The van der Waals surface area contributed by atoms with Crippen molar-refractivity contribution in [3.05, 3.63) is 77.4 Å². The van der Waals surface area contributed by atoms with Crippen LogP contribution in [0.15, 0.2) is 60.7 Å². The smallest absolute Gasteiger partial charge is 0.121 e. The summed E-state index contributed by atoms with van der Waals surface area (Å²) in [6.45, 7) is 2.04. The Bertz CT molecular complexity index is 934. The normalized spacial score (nSPS) is 16.0. The van der Waals surface area contributed by atoms with Crippen LogP contribution in [0.3, 0.4) is 0 Å². The van der Waals surface area contributed by atoms with Crippen LogP contribution in [0, 0.1) is 11.3 Å². The maximum Gasteiger partial charge on any atom is 0.121 e. The summed E-state index contributed by atoms with van der Waals surface area (Å²) in [5.74, 6) is 0.333. The van der Waals surface area contributed by atoms with E-state index in [1.165, 1.54) is 12.8 Å². The summed E-state index contributed by atoms with van der Waals surface area (Å²) in [6.07, 6.45) is 2.36. The molecule has 0 amide bonds. The molecule has 1 atom stereocenters. The first-order chi connectivity index (χ1) is 12.3. The molecule has 0 radical (unpaired) electrons. The fourth-order valence-electron chi connectivity index (χ4n) is 3.87. The van der Waals surface area contributed by atoms with Gasteiger partial charge in [0.25, 0.3) is 0 Å². The Morgan fingerprint density at radius 2 is 1.64 bits per heavy atom. The number of rotatable bonds is 3. The highest BCUT2D eigenvalue weighted by molar-refractivity contribution is 5.88. The second-order valence-corrected chi connectivity index (χ2v) is 6.60. The highest BCUT2D eigenvalue weighted by Crippen LogP contribution is 2.40. The van der Waals surface area contributed by atoms with E-state index in [1.807, 2.05) is 42.5 Å². The van der Waals surface area contributed by atoms with E-state index in [4.69, 9.17) is 5.26 Å². The summed E-state index contributed by atoms with van der Waals surface area (Å²) in [7, 11) is 0. The van der Waals surface area contributed by atoms with Crippen LogP contribution in [0.1, 0.15) is 35.6 Å². The summed E-state index contributed by atoms with van der Waals surface area (Å²) < 4.78 is 0. The predicted molar refractivity (Wildman–Crippen MR) is 99.4 cm³/mol. The van der Waals surface area contributed by atoms with Gasteiger partial charge in [-0.05, 0) is 60.5 Å². The molecule has 3 heteroatoms. The number of hydrogen-bond donors (Lipinski definition) is 1. The Kier molecular flexibility index (Phi) is 4.13. The molecule has 1 N–H and O–H groups in total. The number of phenols is 1. The zero-order valence-corrected chi connectivity index (χ0v) is 14.0. The molecular weight excluding hydrogens is 308 g/mol. The number of likely N-dealkylation sites (tertiary alicyclic amines) is 1. The van der Waals surface area contributed by atoms with Crippen molar-refractivity contribution < 1.29 is 5.11 Å². The lowest BCUT2D eigenvalue weighted by Gasteiger charge is -2.30. The van der Waals surface area contributed by atoms with Crippen molar-refractivity contribution in [2.75, 3.05) is 13.1 Å². The third-order valence-electron chi connectivity index (χ3n) is 5.08. The summed E-state index contributed by atoms with van der Waals surface area (Å²) in [4.78, 5) is 2.43. The van der Waals surface area contributed by atoms with E-state index in [9.17, 15) is 5.11 Å². The van der Waals surface area contributed by atoms with E-state index in [1.54, 1.807) is 6.07 Å². The Morgan fingerprint density at radius 1 is 0.920 bits per heavy atom. The number of fused-ring (bicyclic) bond motifs is 1. The number of aromatic hydroxyl groups is 1. The molecule has 124 valence electrons. The number of nitriles is 1. The Labute approximate surface area is 147 Å². The molecule has 0 saturated carbocycles. The zero-order chi connectivity index (χ0) is 17.2. The molecule has 4 rings (SSSR count). The maximum atomic E-state index is 10.7. The van der Waals surface area contributed by atoms with Crippen molar-refractivity contribution >= 4 is 10.8 Å². The summed E-state index contributed by atoms with van der Waals surface area (Å²) in [5.41, 5.74) is 2.74. The predicted octanol–water partition coefficient (Wildman–Crippen LogP) is 4.60. The molecule has 3 nitrogen and oxygen atoms in total. The molecule has 3 aromatic carbocycles. The highest BCUT2D eigenvalue weighted by Gasteiger charge is 2.28. The Balaban J connectivity index is 1.92. The lowest BCUT2D eigenvalue weighted by atomic mass is 9.91. The molecule has 0 spiro atoms. The Morgan fingerprint density at radius 3 is 2.36 bits per heavy atom. The topological polar surface area (TPSA) is 47.3 Å². The van der Waals surface area contributed by atoms with Crippen LogP contribution in [0.5, 0.6) is 5.75 Å². The molecule has 25 heavy (non-hydrogen) atoms. The van der Waals surface area contributed by atoms with E-state index in [0.29, 0.717) is 11.3 Å².